The zero-order chi connectivity index (χ0) is 16.6. The number of ketones is 3. The topological polar surface area (TPSA) is 80.3 Å². The number of benzene rings is 2. The molecule has 0 saturated heterocycles. The van der Waals surface area contributed by atoms with E-state index in [1.165, 1.54) is 6.92 Å². The molecule has 5 nitrogen and oxygen atoms in total. The Hall–Kier alpha value is -3.08. The fourth-order valence-electron chi connectivity index (χ4n) is 2.67. The number of carbonyl (C=O) groups is 4. The Bertz CT molecular complexity index is 867. The van der Waals surface area contributed by atoms with Crippen LogP contribution in [0.2, 0.25) is 0 Å². The number of hydrogen-bond donors (Lipinski definition) is 1. The van der Waals surface area contributed by atoms with Gasteiger partial charge in [0.15, 0.2) is 11.6 Å². The molecule has 0 heterocycles. The van der Waals surface area contributed by atoms with E-state index in [0.29, 0.717) is 11.1 Å². The summed E-state index contributed by atoms with van der Waals surface area (Å²) in [5, 5.41) is 2.55. The van der Waals surface area contributed by atoms with Gasteiger partial charge in [0, 0.05) is 16.7 Å². The number of carbonyl (C=O) groups excluding carboxylic acids is 4. The first kappa shape index (κ1) is 14.8. The van der Waals surface area contributed by atoms with Gasteiger partial charge in [0.2, 0.25) is 5.91 Å². The first-order valence-electron chi connectivity index (χ1n) is 7.09. The van der Waals surface area contributed by atoms with Crippen LogP contribution in [0, 0.1) is 0 Å². The van der Waals surface area contributed by atoms with Crippen LogP contribution >= 0.6 is 0 Å². The highest BCUT2D eigenvalue weighted by molar-refractivity contribution is 6.30. The zero-order valence-corrected chi connectivity index (χ0v) is 12.4. The molecule has 1 aliphatic rings. The summed E-state index contributed by atoms with van der Waals surface area (Å²) in [6, 6.07) is 11.3. The molecular formula is C18H13NO4. The molecule has 3 rings (SSSR count). The molecule has 23 heavy (non-hydrogen) atoms. The van der Waals surface area contributed by atoms with Crippen molar-refractivity contribution in [1.29, 1.82) is 0 Å². The third-order valence-electron chi connectivity index (χ3n) is 3.64. The fourth-order valence-corrected chi connectivity index (χ4v) is 2.67. The second kappa shape index (κ2) is 5.61. The summed E-state index contributed by atoms with van der Waals surface area (Å²) >= 11 is 0. The molecule has 0 radical (unpaired) electrons. The van der Waals surface area contributed by atoms with E-state index in [4.69, 9.17) is 0 Å². The Morgan fingerprint density at radius 3 is 2.13 bits per heavy atom. The van der Waals surface area contributed by atoms with Crippen LogP contribution in [-0.2, 0) is 9.59 Å². The molecule has 2 aromatic carbocycles. The highest BCUT2D eigenvalue weighted by atomic mass is 16.2. The third-order valence-corrected chi connectivity index (χ3v) is 3.64. The standard InChI is InChI=1S/C18H13NO4/c1-10(20)9-15(21)19-14-8-4-7-13-16(14)18(23)12-6-3-2-5-11(12)17(13)22/h2-8H,9H2,1H3,(H,19,21). The summed E-state index contributed by atoms with van der Waals surface area (Å²) in [5.74, 6) is -1.35. The maximum Gasteiger partial charge on any atom is 0.231 e. The van der Waals surface area contributed by atoms with Gasteiger partial charge in [0.1, 0.15) is 5.78 Å². The van der Waals surface area contributed by atoms with Crippen LogP contribution in [0.5, 0.6) is 0 Å². The van der Waals surface area contributed by atoms with E-state index in [2.05, 4.69) is 5.32 Å². The molecule has 0 spiro atoms. The van der Waals surface area contributed by atoms with Crippen molar-refractivity contribution in [3.8, 4) is 0 Å². The number of rotatable bonds is 3. The van der Waals surface area contributed by atoms with Crippen LogP contribution in [0.15, 0.2) is 42.5 Å². The maximum absolute atomic E-state index is 12.7. The molecule has 0 aliphatic heterocycles. The van der Waals surface area contributed by atoms with Crippen molar-refractivity contribution in [2.45, 2.75) is 13.3 Å². The fraction of sp³-hybridized carbons (Fsp3) is 0.111. The van der Waals surface area contributed by atoms with Gasteiger partial charge in [0.05, 0.1) is 17.7 Å². The first-order valence-corrected chi connectivity index (χ1v) is 7.09. The number of fused-ring (bicyclic) bond motifs is 2. The van der Waals surface area contributed by atoms with Crippen LogP contribution in [0.3, 0.4) is 0 Å². The van der Waals surface area contributed by atoms with Gasteiger partial charge in [-0.05, 0) is 13.0 Å². The predicted octanol–water partition coefficient (Wildman–Crippen LogP) is 2.38. The van der Waals surface area contributed by atoms with Crippen molar-refractivity contribution >= 4 is 28.9 Å². The summed E-state index contributed by atoms with van der Waals surface area (Å²) in [5.41, 5.74) is 1.36. The molecule has 1 N–H and O–H groups in total. The summed E-state index contributed by atoms with van der Waals surface area (Å²) in [6.07, 6.45) is -0.275. The molecule has 0 unspecified atom stereocenters. The number of hydrogen-bond acceptors (Lipinski definition) is 4. The smallest absolute Gasteiger partial charge is 0.231 e. The molecule has 0 bridgehead atoms. The van der Waals surface area contributed by atoms with E-state index in [1.54, 1.807) is 42.5 Å². The maximum atomic E-state index is 12.7. The van der Waals surface area contributed by atoms with Crippen molar-refractivity contribution in [3.63, 3.8) is 0 Å². The van der Waals surface area contributed by atoms with Crippen LogP contribution < -0.4 is 5.32 Å². The van der Waals surface area contributed by atoms with Gasteiger partial charge in [-0.15, -0.1) is 0 Å². The number of anilines is 1. The molecule has 0 fully saturated rings. The van der Waals surface area contributed by atoms with Crippen molar-refractivity contribution in [3.05, 3.63) is 64.7 Å². The van der Waals surface area contributed by atoms with Crippen LogP contribution in [0.1, 0.15) is 45.2 Å². The molecule has 1 amide bonds. The molecule has 5 heteroatoms. The monoisotopic (exact) mass is 307 g/mol. The Morgan fingerprint density at radius 2 is 1.48 bits per heavy atom. The summed E-state index contributed by atoms with van der Waals surface area (Å²) < 4.78 is 0. The van der Waals surface area contributed by atoms with Crippen molar-refractivity contribution < 1.29 is 19.2 Å². The van der Waals surface area contributed by atoms with E-state index < -0.39 is 5.91 Å². The van der Waals surface area contributed by atoms with Crippen molar-refractivity contribution in [1.82, 2.24) is 0 Å². The number of nitrogens with one attached hydrogen (secondary N) is 1. The van der Waals surface area contributed by atoms with Crippen LogP contribution in [0.4, 0.5) is 5.69 Å². The SMILES string of the molecule is CC(=O)CC(=O)Nc1cccc2c1C(=O)c1ccccc1C2=O. The van der Waals surface area contributed by atoms with Crippen molar-refractivity contribution in [2.24, 2.45) is 0 Å². The molecule has 114 valence electrons. The Kier molecular flexibility index (Phi) is 3.62. The number of amides is 1. The Balaban J connectivity index is 2.07. The first-order chi connectivity index (χ1) is 11.0. The van der Waals surface area contributed by atoms with Gasteiger partial charge in [-0.2, -0.15) is 0 Å². The lowest BCUT2D eigenvalue weighted by Crippen LogP contribution is -2.24. The van der Waals surface area contributed by atoms with Crippen LogP contribution in [-0.4, -0.2) is 23.3 Å². The van der Waals surface area contributed by atoms with Gasteiger partial charge in [-0.1, -0.05) is 36.4 Å². The molecule has 0 atom stereocenters. The summed E-state index contributed by atoms with van der Waals surface area (Å²) in [6.45, 7) is 1.31. The van der Waals surface area contributed by atoms with Gasteiger partial charge >= 0.3 is 0 Å². The van der Waals surface area contributed by atoms with Gasteiger partial charge in [0.25, 0.3) is 0 Å². The van der Waals surface area contributed by atoms with E-state index in [1.807, 2.05) is 0 Å². The lowest BCUT2D eigenvalue weighted by atomic mass is 9.83. The lowest BCUT2D eigenvalue weighted by Gasteiger charge is -2.20. The quantitative estimate of drug-likeness (QED) is 0.753. The molecular weight excluding hydrogens is 294 g/mol. The van der Waals surface area contributed by atoms with E-state index in [0.717, 1.165) is 0 Å². The predicted molar refractivity (Wildman–Crippen MR) is 83.7 cm³/mol. The molecule has 2 aromatic rings. The van der Waals surface area contributed by atoms with E-state index in [-0.39, 0.29) is 40.6 Å². The second-order valence-corrected chi connectivity index (χ2v) is 5.36. The van der Waals surface area contributed by atoms with E-state index in [9.17, 15) is 19.2 Å². The van der Waals surface area contributed by atoms with Gasteiger partial charge < -0.3 is 5.32 Å². The lowest BCUT2D eigenvalue weighted by molar-refractivity contribution is -0.124. The van der Waals surface area contributed by atoms with E-state index >= 15 is 0 Å². The molecule has 1 aliphatic carbocycles. The molecule has 0 saturated carbocycles. The number of Topliss-reactive ketones (excluding diaryl/α,β-unsaturated/α-hetero) is 1. The highest BCUT2D eigenvalue weighted by Gasteiger charge is 2.31. The summed E-state index contributed by atoms with van der Waals surface area (Å²) in [7, 11) is 0. The minimum atomic E-state index is -0.509. The summed E-state index contributed by atoms with van der Waals surface area (Å²) in [4.78, 5) is 48.1. The third kappa shape index (κ3) is 2.57. The zero-order valence-electron chi connectivity index (χ0n) is 12.4. The minimum Gasteiger partial charge on any atom is -0.325 e. The molecule has 0 aromatic heterocycles. The second-order valence-electron chi connectivity index (χ2n) is 5.36. The Labute approximate surface area is 132 Å². The van der Waals surface area contributed by atoms with Crippen LogP contribution in [0.25, 0.3) is 0 Å². The average molecular weight is 307 g/mol. The largest absolute Gasteiger partial charge is 0.325 e. The minimum absolute atomic E-state index is 0.174. The Morgan fingerprint density at radius 1 is 0.870 bits per heavy atom. The highest BCUT2D eigenvalue weighted by Crippen LogP contribution is 2.31. The van der Waals surface area contributed by atoms with Gasteiger partial charge in [-0.3, -0.25) is 19.2 Å². The van der Waals surface area contributed by atoms with Gasteiger partial charge in [-0.25, -0.2) is 0 Å². The normalized spacial score (nSPS) is 12.4. The average Bonchev–Trinajstić information content (AvgIpc) is 2.51. The van der Waals surface area contributed by atoms with Crippen molar-refractivity contribution in [2.75, 3.05) is 5.32 Å².